The molecule has 2 rings (SSSR count). The molecule has 0 radical (unpaired) electrons. The van der Waals surface area contributed by atoms with Crippen LogP contribution in [0.25, 0.3) is 0 Å². The van der Waals surface area contributed by atoms with Gasteiger partial charge >= 0.3 is 0 Å². The van der Waals surface area contributed by atoms with Crippen LogP contribution in [-0.2, 0) is 0 Å². The van der Waals surface area contributed by atoms with Gasteiger partial charge in [-0.1, -0.05) is 13.8 Å². The molecule has 1 aliphatic rings. The topological polar surface area (TPSA) is 51.8 Å². The van der Waals surface area contributed by atoms with Crippen LogP contribution in [-0.4, -0.2) is 9.36 Å². The van der Waals surface area contributed by atoms with Crippen molar-refractivity contribution in [1.82, 2.24) is 9.36 Å². The van der Waals surface area contributed by atoms with E-state index in [1.54, 1.807) is 0 Å². The fourth-order valence-electron chi connectivity index (χ4n) is 1.30. The minimum absolute atomic E-state index is 0.410. The highest BCUT2D eigenvalue weighted by molar-refractivity contribution is 7.09. The normalized spacial score (nSPS) is 26.9. The molecule has 60 valence electrons. The summed E-state index contributed by atoms with van der Waals surface area (Å²) in [5, 5.41) is 0.586. The van der Waals surface area contributed by atoms with E-state index in [0.29, 0.717) is 16.5 Å². The average Bonchev–Trinajstić information content (AvgIpc) is 2.39. The van der Waals surface area contributed by atoms with Gasteiger partial charge in [0.15, 0.2) is 5.13 Å². The van der Waals surface area contributed by atoms with Crippen LogP contribution in [0, 0.1) is 5.41 Å². The summed E-state index contributed by atoms with van der Waals surface area (Å²) >= 11 is 1.29. The largest absolute Gasteiger partial charge is 0.374 e. The SMILES string of the molecule is CC1(C)CC1c1nsc(N)n1. The van der Waals surface area contributed by atoms with Gasteiger partial charge in [-0.2, -0.15) is 4.37 Å². The summed E-state index contributed by atoms with van der Waals surface area (Å²) < 4.78 is 4.18. The van der Waals surface area contributed by atoms with Crippen LogP contribution in [0.4, 0.5) is 5.13 Å². The zero-order valence-electron chi connectivity index (χ0n) is 6.66. The van der Waals surface area contributed by atoms with Gasteiger partial charge in [0.25, 0.3) is 0 Å². The third-order valence-corrected chi connectivity index (χ3v) is 2.84. The van der Waals surface area contributed by atoms with Crippen molar-refractivity contribution >= 4 is 16.7 Å². The Bertz CT molecular complexity index is 279. The van der Waals surface area contributed by atoms with Crippen LogP contribution in [0.3, 0.4) is 0 Å². The van der Waals surface area contributed by atoms with Gasteiger partial charge in [-0.05, 0) is 11.8 Å². The Labute approximate surface area is 69.8 Å². The molecule has 1 aliphatic carbocycles. The number of hydrogen-bond acceptors (Lipinski definition) is 4. The highest BCUT2D eigenvalue weighted by Crippen LogP contribution is 2.57. The van der Waals surface area contributed by atoms with Crippen molar-refractivity contribution in [2.45, 2.75) is 26.2 Å². The van der Waals surface area contributed by atoms with E-state index in [9.17, 15) is 0 Å². The Morgan fingerprint density at radius 2 is 2.27 bits per heavy atom. The molecule has 1 saturated carbocycles. The number of nitrogens with two attached hydrogens (primary N) is 1. The second kappa shape index (κ2) is 1.94. The zero-order chi connectivity index (χ0) is 8.06. The van der Waals surface area contributed by atoms with Crippen LogP contribution >= 0.6 is 11.5 Å². The lowest BCUT2D eigenvalue weighted by Gasteiger charge is -1.96. The summed E-state index contributed by atoms with van der Waals surface area (Å²) in [7, 11) is 0. The lowest BCUT2D eigenvalue weighted by Crippen LogP contribution is -1.92. The Morgan fingerprint density at radius 3 is 2.64 bits per heavy atom. The number of nitrogens with zero attached hydrogens (tertiary/aromatic N) is 2. The summed E-state index contributed by atoms with van der Waals surface area (Å²) in [6, 6.07) is 0. The van der Waals surface area contributed by atoms with Crippen molar-refractivity contribution < 1.29 is 0 Å². The van der Waals surface area contributed by atoms with Gasteiger partial charge < -0.3 is 5.73 Å². The Hall–Kier alpha value is -0.640. The van der Waals surface area contributed by atoms with Gasteiger partial charge in [0, 0.05) is 17.5 Å². The van der Waals surface area contributed by atoms with Crippen molar-refractivity contribution in [3.63, 3.8) is 0 Å². The maximum atomic E-state index is 5.48. The molecule has 1 aromatic rings. The molecule has 0 aliphatic heterocycles. The summed E-state index contributed by atoms with van der Waals surface area (Å²) in [4.78, 5) is 4.15. The van der Waals surface area contributed by atoms with Crippen molar-refractivity contribution in [1.29, 1.82) is 0 Å². The Kier molecular flexibility index (Phi) is 1.24. The van der Waals surface area contributed by atoms with Gasteiger partial charge in [-0.25, -0.2) is 4.98 Å². The molecule has 11 heavy (non-hydrogen) atoms. The van der Waals surface area contributed by atoms with Gasteiger partial charge in [0.1, 0.15) is 5.82 Å². The van der Waals surface area contributed by atoms with Crippen LogP contribution in [0.15, 0.2) is 0 Å². The molecular weight excluding hydrogens is 158 g/mol. The summed E-state index contributed by atoms with van der Waals surface area (Å²) in [5.74, 6) is 1.49. The van der Waals surface area contributed by atoms with Crippen molar-refractivity contribution in [2.24, 2.45) is 5.41 Å². The highest BCUT2D eigenvalue weighted by atomic mass is 32.1. The van der Waals surface area contributed by atoms with Gasteiger partial charge in [-0.3, -0.25) is 0 Å². The second-order valence-electron chi connectivity index (χ2n) is 3.74. The van der Waals surface area contributed by atoms with Crippen LogP contribution in [0.5, 0.6) is 0 Å². The first-order valence-electron chi connectivity index (χ1n) is 3.69. The van der Waals surface area contributed by atoms with Crippen LogP contribution in [0.2, 0.25) is 0 Å². The zero-order valence-corrected chi connectivity index (χ0v) is 7.48. The predicted molar refractivity (Wildman–Crippen MR) is 45.5 cm³/mol. The first kappa shape index (κ1) is 7.03. The minimum atomic E-state index is 0.410. The molecule has 0 saturated heterocycles. The fraction of sp³-hybridized carbons (Fsp3) is 0.714. The molecule has 3 nitrogen and oxygen atoms in total. The van der Waals surface area contributed by atoms with Gasteiger partial charge in [0.2, 0.25) is 0 Å². The smallest absolute Gasteiger partial charge is 0.199 e. The van der Waals surface area contributed by atoms with Gasteiger partial charge in [0.05, 0.1) is 0 Å². The molecule has 1 atom stereocenters. The molecule has 0 amide bonds. The summed E-state index contributed by atoms with van der Waals surface area (Å²) in [6.07, 6.45) is 1.20. The number of hydrogen-bond donors (Lipinski definition) is 1. The molecule has 1 unspecified atom stereocenters. The van der Waals surface area contributed by atoms with E-state index in [1.807, 2.05) is 0 Å². The second-order valence-corrected chi connectivity index (χ2v) is 4.52. The monoisotopic (exact) mass is 169 g/mol. The molecule has 1 aromatic heterocycles. The molecule has 0 bridgehead atoms. The molecule has 2 N–H and O–H groups in total. The first-order chi connectivity index (χ1) is 5.09. The number of nitrogen functional groups attached to an aromatic ring is 1. The third kappa shape index (κ3) is 1.11. The van der Waals surface area contributed by atoms with E-state index in [1.165, 1.54) is 18.0 Å². The van der Waals surface area contributed by atoms with Gasteiger partial charge in [-0.15, -0.1) is 0 Å². The predicted octanol–water partition coefficient (Wildman–Crippen LogP) is 1.63. The molecule has 0 spiro atoms. The van der Waals surface area contributed by atoms with Crippen molar-refractivity contribution in [2.75, 3.05) is 5.73 Å². The molecular formula is C7H11N3S. The lowest BCUT2D eigenvalue weighted by molar-refractivity contribution is 0.612. The van der Waals surface area contributed by atoms with E-state index in [4.69, 9.17) is 5.73 Å². The van der Waals surface area contributed by atoms with E-state index in [0.717, 1.165) is 5.82 Å². The van der Waals surface area contributed by atoms with Crippen molar-refractivity contribution in [3.8, 4) is 0 Å². The van der Waals surface area contributed by atoms with E-state index >= 15 is 0 Å². The number of anilines is 1. The van der Waals surface area contributed by atoms with Crippen LogP contribution < -0.4 is 5.73 Å². The maximum Gasteiger partial charge on any atom is 0.199 e. The van der Waals surface area contributed by atoms with E-state index < -0.39 is 0 Å². The Morgan fingerprint density at radius 1 is 1.64 bits per heavy atom. The summed E-state index contributed by atoms with van der Waals surface area (Å²) in [6.45, 7) is 4.46. The maximum absolute atomic E-state index is 5.48. The Balaban J connectivity index is 2.20. The van der Waals surface area contributed by atoms with Crippen LogP contribution in [0.1, 0.15) is 32.0 Å². The molecule has 0 aromatic carbocycles. The lowest BCUT2D eigenvalue weighted by atomic mass is 10.1. The highest BCUT2D eigenvalue weighted by Gasteiger charge is 2.48. The van der Waals surface area contributed by atoms with Crippen molar-refractivity contribution in [3.05, 3.63) is 5.82 Å². The molecule has 1 fully saturated rings. The quantitative estimate of drug-likeness (QED) is 0.695. The standard InChI is InChI=1S/C7H11N3S/c1-7(2)3-4(7)5-9-6(8)11-10-5/h4H,3H2,1-2H3,(H2,8,9,10). The number of rotatable bonds is 1. The third-order valence-electron chi connectivity index (χ3n) is 2.28. The minimum Gasteiger partial charge on any atom is -0.374 e. The summed E-state index contributed by atoms with van der Waals surface area (Å²) in [5.41, 5.74) is 5.89. The first-order valence-corrected chi connectivity index (χ1v) is 4.46. The van der Waals surface area contributed by atoms with E-state index in [-0.39, 0.29) is 0 Å². The number of aromatic nitrogens is 2. The average molecular weight is 169 g/mol. The molecule has 1 heterocycles. The molecule has 4 heteroatoms. The van der Waals surface area contributed by atoms with E-state index in [2.05, 4.69) is 23.2 Å². The fourth-order valence-corrected chi connectivity index (χ4v) is 1.79.